The van der Waals surface area contributed by atoms with Gasteiger partial charge in [-0.1, -0.05) is 17.3 Å². The van der Waals surface area contributed by atoms with E-state index in [0.29, 0.717) is 5.69 Å². The molecule has 102 valence electrons. The minimum Gasteiger partial charge on any atom is -0.361 e. The maximum atomic E-state index is 11.5. The molecule has 0 saturated carbocycles. The van der Waals surface area contributed by atoms with E-state index in [1.54, 1.807) is 19.1 Å². The number of hydrogen-bond acceptors (Lipinski definition) is 4. The van der Waals surface area contributed by atoms with Crippen LogP contribution in [0.15, 0.2) is 28.8 Å². The van der Waals surface area contributed by atoms with Crippen molar-refractivity contribution in [2.75, 3.05) is 10.5 Å². The maximum Gasteiger partial charge on any atom is 0.232 e. The highest BCUT2D eigenvalue weighted by Gasteiger charge is 2.12. The molecule has 6 heteroatoms. The monoisotopic (exact) mass is 280 g/mol. The number of hydrogen-bond donors (Lipinski definition) is 1. The van der Waals surface area contributed by atoms with Crippen LogP contribution in [-0.2, 0) is 10.0 Å². The number of sulfonamides is 1. The lowest BCUT2D eigenvalue weighted by Crippen LogP contribution is -2.14. The van der Waals surface area contributed by atoms with Gasteiger partial charge >= 0.3 is 0 Å². The predicted molar refractivity (Wildman–Crippen MR) is 74.5 cm³/mol. The first-order valence-electron chi connectivity index (χ1n) is 5.96. The summed E-state index contributed by atoms with van der Waals surface area (Å²) in [6.45, 7) is 5.32. The number of rotatable bonds is 4. The Hall–Kier alpha value is -1.82. The minimum atomic E-state index is -3.24. The molecule has 2 aromatic rings. The topological polar surface area (TPSA) is 72.2 Å². The van der Waals surface area contributed by atoms with Crippen molar-refractivity contribution < 1.29 is 12.9 Å². The minimum absolute atomic E-state index is 0.0542. The average molecular weight is 280 g/mol. The molecule has 1 heterocycles. The Morgan fingerprint density at radius 2 is 1.84 bits per heavy atom. The molecule has 0 aliphatic rings. The smallest absolute Gasteiger partial charge is 0.232 e. The summed E-state index contributed by atoms with van der Waals surface area (Å²) >= 11 is 0. The molecule has 0 bridgehead atoms. The van der Waals surface area contributed by atoms with Gasteiger partial charge in [0.05, 0.1) is 11.4 Å². The number of anilines is 1. The lowest BCUT2D eigenvalue weighted by atomic mass is 10.0. The maximum absolute atomic E-state index is 11.5. The molecule has 2 rings (SSSR count). The molecule has 0 spiro atoms. The standard InChI is InChI=1S/C13H16N2O3S/c1-4-19(16,17)15-12-7-5-11(6-8-12)13-9(2)14-18-10(13)3/h5-8,15H,4H2,1-3H3. The van der Waals surface area contributed by atoms with Crippen LogP contribution >= 0.6 is 0 Å². The second kappa shape index (κ2) is 5.05. The summed E-state index contributed by atoms with van der Waals surface area (Å²) in [6, 6.07) is 7.16. The molecule has 0 aliphatic carbocycles. The van der Waals surface area contributed by atoms with E-state index in [-0.39, 0.29) is 5.75 Å². The highest BCUT2D eigenvalue weighted by atomic mass is 32.2. The molecule has 0 saturated heterocycles. The fraction of sp³-hybridized carbons (Fsp3) is 0.308. The van der Waals surface area contributed by atoms with Crippen molar-refractivity contribution >= 4 is 15.7 Å². The van der Waals surface area contributed by atoms with E-state index in [9.17, 15) is 8.42 Å². The van der Waals surface area contributed by atoms with E-state index in [4.69, 9.17) is 4.52 Å². The van der Waals surface area contributed by atoms with Crippen LogP contribution in [0.5, 0.6) is 0 Å². The molecule has 5 nitrogen and oxygen atoms in total. The van der Waals surface area contributed by atoms with Gasteiger partial charge in [-0.15, -0.1) is 0 Å². The second-order valence-corrected chi connectivity index (χ2v) is 6.29. The van der Waals surface area contributed by atoms with E-state index in [1.807, 2.05) is 26.0 Å². The van der Waals surface area contributed by atoms with Crippen LogP contribution < -0.4 is 4.72 Å². The fourth-order valence-corrected chi connectivity index (χ4v) is 2.49. The third-order valence-corrected chi connectivity index (χ3v) is 4.17. The summed E-state index contributed by atoms with van der Waals surface area (Å²) in [5.74, 6) is 0.804. The van der Waals surface area contributed by atoms with Crippen LogP contribution in [0.4, 0.5) is 5.69 Å². The molecule has 0 amide bonds. The highest BCUT2D eigenvalue weighted by Crippen LogP contribution is 2.27. The van der Waals surface area contributed by atoms with Crippen molar-refractivity contribution in [1.82, 2.24) is 5.16 Å². The van der Waals surface area contributed by atoms with E-state index >= 15 is 0 Å². The van der Waals surface area contributed by atoms with Crippen LogP contribution in [0, 0.1) is 13.8 Å². The molecule has 0 unspecified atom stereocenters. The number of benzene rings is 1. The molecule has 19 heavy (non-hydrogen) atoms. The molecule has 0 fully saturated rings. The van der Waals surface area contributed by atoms with Crippen molar-refractivity contribution in [3.63, 3.8) is 0 Å². The lowest BCUT2D eigenvalue weighted by Gasteiger charge is -2.07. The Kier molecular flexibility index (Phi) is 3.61. The zero-order chi connectivity index (χ0) is 14.0. The first-order valence-corrected chi connectivity index (χ1v) is 7.62. The van der Waals surface area contributed by atoms with Crippen molar-refractivity contribution in [3.8, 4) is 11.1 Å². The Bertz CT molecular complexity index is 653. The second-order valence-electron chi connectivity index (χ2n) is 4.28. The fourth-order valence-electron chi connectivity index (χ4n) is 1.85. The summed E-state index contributed by atoms with van der Waals surface area (Å²) in [6.07, 6.45) is 0. The van der Waals surface area contributed by atoms with Crippen molar-refractivity contribution in [2.24, 2.45) is 0 Å². The van der Waals surface area contributed by atoms with Gasteiger partial charge in [-0.2, -0.15) is 0 Å². The van der Waals surface area contributed by atoms with Gasteiger partial charge in [0.15, 0.2) is 0 Å². The van der Waals surface area contributed by atoms with Gasteiger partial charge < -0.3 is 4.52 Å². The highest BCUT2D eigenvalue weighted by molar-refractivity contribution is 7.92. The van der Waals surface area contributed by atoms with Crippen LogP contribution in [-0.4, -0.2) is 19.3 Å². The molecular weight excluding hydrogens is 264 g/mol. The zero-order valence-electron chi connectivity index (χ0n) is 11.1. The van der Waals surface area contributed by atoms with Crippen molar-refractivity contribution in [1.29, 1.82) is 0 Å². The summed E-state index contributed by atoms with van der Waals surface area (Å²) in [5.41, 5.74) is 3.28. The van der Waals surface area contributed by atoms with Crippen LogP contribution in [0.1, 0.15) is 18.4 Å². The van der Waals surface area contributed by atoms with E-state index in [1.165, 1.54) is 0 Å². The molecule has 0 aliphatic heterocycles. The number of aromatic nitrogens is 1. The Labute approximate surface area is 112 Å². The Morgan fingerprint density at radius 3 is 2.32 bits per heavy atom. The van der Waals surface area contributed by atoms with Gasteiger partial charge in [0, 0.05) is 11.3 Å². The third kappa shape index (κ3) is 2.96. The quantitative estimate of drug-likeness (QED) is 0.934. The number of nitrogens with zero attached hydrogens (tertiary/aromatic N) is 1. The van der Waals surface area contributed by atoms with Gasteiger partial charge in [-0.3, -0.25) is 4.72 Å². The van der Waals surface area contributed by atoms with E-state index in [0.717, 1.165) is 22.6 Å². The summed E-state index contributed by atoms with van der Waals surface area (Å²) in [4.78, 5) is 0. The Morgan fingerprint density at radius 1 is 1.21 bits per heavy atom. The zero-order valence-corrected chi connectivity index (χ0v) is 11.9. The molecular formula is C13H16N2O3S. The average Bonchev–Trinajstić information content (AvgIpc) is 2.70. The third-order valence-electron chi connectivity index (χ3n) is 2.86. The largest absolute Gasteiger partial charge is 0.361 e. The first-order chi connectivity index (χ1) is 8.93. The van der Waals surface area contributed by atoms with Crippen molar-refractivity contribution in [2.45, 2.75) is 20.8 Å². The normalized spacial score (nSPS) is 11.5. The molecule has 0 radical (unpaired) electrons. The van der Waals surface area contributed by atoms with E-state index < -0.39 is 10.0 Å². The van der Waals surface area contributed by atoms with Crippen LogP contribution in [0.25, 0.3) is 11.1 Å². The summed E-state index contributed by atoms with van der Waals surface area (Å²) in [5, 5.41) is 3.90. The van der Waals surface area contributed by atoms with Crippen LogP contribution in [0.2, 0.25) is 0 Å². The molecule has 1 aromatic heterocycles. The first kappa shape index (κ1) is 13.6. The van der Waals surface area contributed by atoms with Gasteiger partial charge in [0.25, 0.3) is 0 Å². The van der Waals surface area contributed by atoms with Gasteiger partial charge in [0.1, 0.15) is 5.76 Å². The predicted octanol–water partition coefficient (Wildman–Crippen LogP) is 2.72. The van der Waals surface area contributed by atoms with E-state index in [2.05, 4.69) is 9.88 Å². The number of aryl methyl sites for hydroxylation is 2. The lowest BCUT2D eigenvalue weighted by molar-refractivity contribution is 0.393. The molecule has 1 aromatic carbocycles. The molecule has 1 N–H and O–H groups in total. The van der Waals surface area contributed by atoms with Crippen LogP contribution in [0.3, 0.4) is 0 Å². The van der Waals surface area contributed by atoms with Gasteiger partial charge in [-0.05, 0) is 38.5 Å². The Balaban J connectivity index is 2.29. The van der Waals surface area contributed by atoms with Crippen molar-refractivity contribution in [3.05, 3.63) is 35.7 Å². The summed E-state index contributed by atoms with van der Waals surface area (Å²) in [7, 11) is -3.24. The van der Waals surface area contributed by atoms with Gasteiger partial charge in [0.2, 0.25) is 10.0 Å². The van der Waals surface area contributed by atoms with Gasteiger partial charge in [-0.25, -0.2) is 8.42 Å². The summed E-state index contributed by atoms with van der Waals surface area (Å²) < 4.78 is 30.5. The number of nitrogens with one attached hydrogen (secondary N) is 1. The SMILES string of the molecule is CCS(=O)(=O)Nc1ccc(-c2c(C)noc2C)cc1. The molecule has 0 atom stereocenters.